The maximum absolute atomic E-state index is 12.9. The van der Waals surface area contributed by atoms with Crippen LogP contribution < -0.4 is 20.1 Å². The number of methoxy groups -OCH3 is 1. The number of hydrogen-bond donors (Lipinski definition) is 8. The van der Waals surface area contributed by atoms with E-state index in [1.165, 1.54) is 12.4 Å². The zero-order chi connectivity index (χ0) is 32.0. The van der Waals surface area contributed by atoms with Crippen LogP contribution in [0.2, 0.25) is 0 Å². The van der Waals surface area contributed by atoms with Crippen LogP contribution in [0, 0.1) is 0 Å². The monoisotopic (exact) mass is 631 g/mol. The van der Waals surface area contributed by atoms with E-state index in [0.717, 1.165) is 38.5 Å². The molecule has 1 rings (SSSR count). The Balaban J connectivity index is 3.10. The second-order valence-electron chi connectivity index (χ2n) is 10.2. The van der Waals surface area contributed by atoms with E-state index in [0.29, 0.717) is 23.1 Å². The fourth-order valence-corrected chi connectivity index (χ4v) is 5.62. The SMILES string of the molecule is CCCCCCCCCCS(=O)(=O)N[C@@H]([C@H](O)C(O)Cc1ccc(OC)cc1)[C@H](O)[C@@](O)(CO)NC(=O)NC(F)(F)F. The molecule has 0 saturated heterocycles. The van der Waals surface area contributed by atoms with Crippen LogP contribution in [0.3, 0.4) is 0 Å². The highest BCUT2D eigenvalue weighted by Gasteiger charge is 2.48. The summed E-state index contributed by atoms with van der Waals surface area (Å²) >= 11 is 0. The van der Waals surface area contributed by atoms with Crippen molar-refractivity contribution in [3.63, 3.8) is 0 Å². The number of ether oxygens (including phenoxy) is 1. The fraction of sp³-hybridized carbons (Fsp3) is 0.731. The first-order chi connectivity index (χ1) is 19.6. The second-order valence-corrected chi connectivity index (χ2v) is 12.0. The summed E-state index contributed by atoms with van der Waals surface area (Å²) in [7, 11) is -2.88. The number of hydrogen-bond acceptors (Lipinski definition) is 9. The summed E-state index contributed by atoms with van der Waals surface area (Å²) in [5, 5.41) is 54.6. The Morgan fingerprint density at radius 3 is 2.00 bits per heavy atom. The number of amides is 2. The third kappa shape index (κ3) is 13.8. The van der Waals surface area contributed by atoms with E-state index in [1.54, 1.807) is 24.3 Å². The van der Waals surface area contributed by atoms with Gasteiger partial charge in [-0.15, -0.1) is 0 Å². The predicted molar refractivity (Wildman–Crippen MR) is 148 cm³/mol. The molecule has 0 saturated carbocycles. The van der Waals surface area contributed by atoms with Gasteiger partial charge < -0.3 is 35.6 Å². The van der Waals surface area contributed by atoms with Gasteiger partial charge in [-0.05, 0) is 24.1 Å². The number of benzene rings is 1. The van der Waals surface area contributed by atoms with Crippen LogP contribution in [0.4, 0.5) is 18.0 Å². The number of carbonyl (C=O) groups excluding carboxylic acids is 1. The molecular formula is C26H44F3N3O9S. The maximum Gasteiger partial charge on any atom is 0.485 e. The van der Waals surface area contributed by atoms with Crippen LogP contribution in [-0.2, 0) is 16.4 Å². The Morgan fingerprint density at radius 1 is 0.952 bits per heavy atom. The van der Waals surface area contributed by atoms with E-state index in [1.807, 2.05) is 4.72 Å². The van der Waals surface area contributed by atoms with Crippen molar-refractivity contribution in [3.8, 4) is 5.75 Å². The van der Waals surface area contributed by atoms with Crippen molar-refractivity contribution in [1.82, 2.24) is 15.4 Å². The van der Waals surface area contributed by atoms with Gasteiger partial charge in [0.1, 0.15) is 11.9 Å². The number of alkyl halides is 3. The molecule has 5 atom stereocenters. The second kappa shape index (κ2) is 17.8. The Kier molecular flexibility index (Phi) is 16.0. The third-order valence-corrected chi connectivity index (χ3v) is 8.06. The quantitative estimate of drug-likeness (QED) is 0.0593. The summed E-state index contributed by atoms with van der Waals surface area (Å²) in [6, 6.07) is 1.94. The number of halogens is 3. The van der Waals surface area contributed by atoms with Gasteiger partial charge in [0.05, 0.1) is 37.7 Å². The molecule has 0 spiro atoms. The summed E-state index contributed by atoms with van der Waals surface area (Å²) in [4.78, 5) is 11.7. The minimum absolute atomic E-state index is 0.201. The van der Waals surface area contributed by atoms with Crippen molar-refractivity contribution >= 4 is 16.1 Å². The molecule has 0 bridgehead atoms. The topological polar surface area (TPSA) is 198 Å². The number of rotatable bonds is 20. The first-order valence-corrected chi connectivity index (χ1v) is 15.4. The number of urea groups is 1. The molecule has 2 amide bonds. The summed E-state index contributed by atoms with van der Waals surface area (Å²) in [5.41, 5.74) is -2.82. The van der Waals surface area contributed by atoms with Crippen molar-refractivity contribution in [2.24, 2.45) is 0 Å². The first-order valence-electron chi connectivity index (χ1n) is 13.7. The summed E-state index contributed by atoms with van der Waals surface area (Å²) < 4.78 is 70.5. The van der Waals surface area contributed by atoms with E-state index in [2.05, 4.69) is 6.92 Å². The lowest BCUT2D eigenvalue weighted by Crippen LogP contribution is -2.70. The molecule has 0 aliphatic rings. The van der Waals surface area contributed by atoms with Crippen LogP contribution in [0.5, 0.6) is 5.75 Å². The van der Waals surface area contributed by atoms with Crippen LogP contribution in [0.25, 0.3) is 0 Å². The maximum atomic E-state index is 12.9. The number of sulfonamides is 1. The lowest BCUT2D eigenvalue weighted by Gasteiger charge is -2.39. The normalized spacial score (nSPS) is 16.6. The van der Waals surface area contributed by atoms with Gasteiger partial charge in [0.2, 0.25) is 10.0 Å². The Hall–Kier alpha value is -2.21. The Bertz CT molecular complexity index is 1030. The van der Waals surface area contributed by atoms with Gasteiger partial charge in [0, 0.05) is 6.42 Å². The molecule has 0 radical (unpaired) electrons. The smallest absolute Gasteiger partial charge is 0.485 e. The van der Waals surface area contributed by atoms with Crippen molar-refractivity contribution in [2.45, 2.75) is 101 Å². The number of carbonyl (C=O) groups is 1. The summed E-state index contributed by atoms with van der Waals surface area (Å²) in [6.45, 7) is 0.503. The van der Waals surface area contributed by atoms with E-state index >= 15 is 0 Å². The third-order valence-electron chi connectivity index (χ3n) is 6.60. The average Bonchev–Trinajstić information content (AvgIpc) is 2.91. The highest BCUT2D eigenvalue weighted by molar-refractivity contribution is 7.89. The molecule has 1 aromatic rings. The first kappa shape index (κ1) is 37.8. The minimum atomic E-state index is -5.24. The van der Waals surface area contributed by atoms with Crippen molar-refractivity contribution in [1.29, 1.82) is 0 Å². The Labute approximate surface area is 244 Å². The van der Waals surface area contributed by atoms with Crippen molar-refractivity contribution in [3.05, 3.63) is 29.8 Å². The van der Waals surface area contributed by atoms with Crippen LogP contribution in [0.1, 0.15) is 63.9 Å². The highest BCUT2D eigenvalue weighted by Crippen LogP contribution is 2.21. The standard InChI is InChI=1S/C26H44F3N3O9S/c1-3-4-5-6-7-8-9-10-15-42(39,40)32-21(22(35)20(34)16-18-11-13-19(41-2)14-12-18)23(36)25(38,17-33)30-24(37)31-26(27,28)29/h11-14,20-23,32-36,38H,3-10,15-17H2,1-2H3,(H2,30,31,37)/t20?,21-,22+,23-,25-/m0/s1. The molecule has 0 aliphatic heterocycles. The van der Waals surface area contributed by atoms with E-state index in [4.69, 9.17) is 4.74 Å². The molecule has 12 nitrogen and oxygen atoms in total. The van der Waals surface area contributed by atoms with Gasteiger partial charge in [-0.2, -0.15) is 13.2 Å². The lowest BCUT2D eigenvalue weighted by molar-refractivity contribution is -0.159. The van der Waals surface area contributed by atoms with E-state index in [-0.39, 0.29) is 12.8 Å². The van der Waals surface area contributed by atoms with Crippen molar-refractivity contribution in [2.75, 3.05) is 19.5 Å². The van der Waals surface area contributed by atoms with Crippen LogP contribution in [-0.4, -0.2) is 95.8 Å². The lowest BCUT2D eigenvalue weighted by atomic mass is 9.91. The van der Waals surface area contributed by atoms with Gasteiger partial charge in [-0.1, -0.05) is 64.0 Å². The molecular weight excluding hydrogens is 587 g/mol. The molecule has 0 fully saturated rings. The zero-order valence-electron chi connectivity index (χ0n) is 23.8. The average molecular weight is 632 g/mol. The molecule has 0 aromatic heterocycles. The number of aliphatic hydroxyl groups excluding tert-OH is 4. The highest BCUT2D eigenvalue weighted by atomic mass is 32.2. The fourth-order valence-electron chi connectivity index (χ4n) is 4.24. The van der Waals surface area contributed by atoms with Gasteiger partial charge in [-0.3, -0.25) is 0 Å². The number of unbranched alkanes of at least 4 members (excludes halogenated alkanes) is 7. The van der Waals surface area contributed by atoms with Crippen LogP contribution in [0.15, 0.2) is 24.3 Å². The minimum Gasteiger partial charge on any atom is -0.497 e. The molecule has 244 valence electrons. The predicted octanol–water partition coefficient (Wildman–Crippen LogP) is 1.25. The van der Waals surface area contributed by atoms with E-state index < -0.39 is 64.8 Å². The molecule has 42 heavy (non-hydrogen) atoms. The molecule has 0 heterocycles. The van der Waals surface area contributed by atoms with Crippen molar-refractivity contribution < 1.29 is 56.7 Å². The summed E-state index contributed by atoms with van der Waals surface area (Å²) in [6.07, 6.45) is -5.35. The molecule has 1 aromatic carbocycles. The van der Waals surface area contributed by atoms with Gasteiger partial charge >= 0.3 is 12.3 Å². The molecule has 0 aliphatic carbocycles. The Morgan fingerprint density at radius 2 is 1.50 bits per heavy atom. The zero-order valence-corrected chi connectivity index (χ0v) is 24.6. The molecule has 1 unspecified atom stereocenters. The van der Waals surface area contributed by atoms with Gasteiger partial charge in [-0.25, -0.2) is 23.3 Å². The van der Waals surface area contributed by atoms with E-state index in [9.17, 15) is 51.9 Å². The number of nitrogens with one attached hydrogen (secondary N) is 3. The van der Waals surface area contributed by atoms with Gasteiger partial charge in [0.25, 0.3) is 0 Å². The summed E-state index contributed by atoms with van der Waals surface area (Å²) in [5.74, 6) is 0.0264. The van der Waals surface area contributed by atoms with Gasteiger partial charge in [0.15, 0.2) is 5.72 Å². The van der Waals surface area contributed by atoms with Crippen LogP contribution >= 0.6 is 0 Å². The largest absolute Gasteiger partial charge is 0.497 e. The number of aliphatic hydroxyl groups is 5. The molecule has 8 N–H and O–H groups in total. The molecule has 16 heteroatoms.